The molecule has 0 aliphatic rings. The van der Waals surface area contributed by atoms with Crippen LogP contribution in [0.2, 0.25) is 0 Å². The Morgan fingerprint density at radius 3 is 2.41 bits per heavy atom. The van der Waals surface area contributed by atoms with Crippen LogP contribution in [0.1, 0.15) is 43.7 Å². The number of ether oxygens (including phenoxy) is 2. The minimum Gasteiger partial charge on any atom is -0.462 e. The van der Waals surface area contributed by atoms with Gasteiger partial charge in [0.2, 0.25) is 0 Å². The van der Waals surface area contributed by atoms with E-state index in [2.05, 4.69) is 20.1 Å². The number of pyridine rings is 1. The number of alkyl halides is 3. The average Bonchev–Trinajstić information content (AvgIpc) is 3.00. The second kappa shape index (κ2) is 8.05. The zero-order valence-corrected chi connectivity index (χ0v) is 15.9. The van der Waals surface area contributed by atoms with E-state index in [0.29, 0.717) is 6.20 Å². The number of esters is 1. The van der Waals surface area contributed by atoms with Gasteiger partial charge in [-0.05, 0) is 39.8 Å². The normalized spacial score (nSPS) is 11.9. The van der Waals surface area contributed by atoms with Gasteiger partial charge < -0.3 is 9.47 Å². The van der Waals surface area contributed by atoms with Crippen molar-refractivity contribution < 1.29 is 36.6 Å². The molecule has 2 aromatic heterocycles. The van der Waals surface area contributed by atoms with Gasteiger partial charge in [-0.25, -0.2) is 23.6 Å². The molecular weight excluding hydrogens is 400 g/mol. The zero-order valence-electron chi connectivity index (χ0n) is 15.9. The van der Waals surface area contributed by atoms with Crippen molar-refractivity contribution in [2.75, 3.05) is 11.9 Å². The number of nitrogens with zero attached hydrogens (tertiary/aromatic N) is 3. The molecular formula is C17H18F4N4O4. The largest absolute Gasteiger partial charge is 0.462 e. The van der Waals surface area contributed by atoms with Crippen LogP contribution in [0.4, 0.5) is 28.2 Å². The van der Waals surface area contributed by atoms with Gasteiger partial charge in [0, 0.05) is 0 Å². The molecule has 1 amide bonds. The summed E-state index contributed by atoms with van der Waals surface area (Å²) in [6.07, 6.45) is -5.40. The average molecular weight is 418 g/mol. The van der Waals surface area contributed by atoms with E-state index in [0.717, 1.165) is 12.1 Å². The van der Waals surface area contributed by atoms with Gasteiger partial charge in [-0.3, -0.25) is 5.32 Å². The summed E-state index contributed by atoms with van der Waals surface area (Å²) in [5.74, 6) is -3.59. The highest BCUT2D eigenvalue weighted by Gasteiger charge is 2.42. The molecule has 158 valence electrons. The third kappa shape index (κ3) is 5.42. The lowest BCUT2D eigenvalue weighted by Crippen LogP contribution is -2.27. The number of nitrogens with one attached hydrogen (secondary N) is 1. The number of amides is 1. The molecule has 0 aliphatic heterocycles. The Morgan fingerprint density at radius 2 is 1.86 bits per heavy atom. The molecule has 1 N–H and O–H groups in total. The van der Waals surface area contributed by atoms with Crippen molar-refractivity contribution in [1.82, 2.24) is 14.8 Å². The van der Waals surface area contributed by atoms with Gasteiger partial charge >= 0.3 is 18.2 Å². The maximum Gasteiger partial charge on any atom is 0.434 e. The molecule has 0 fully saturated rings. The fourth-order valence-electron chi connectivity index (χ4n) is 2.20. The summed E-state index contributed by atoms with van der Waals surface area (Å²) in [6.45, 7) is 6.07. The Hall–Kier alpha value is -3.18. The van der Waals surface area contributed by atoms with Crippen molar-refractivity contribution in [2.24, 2.45) is 0 Å². The number of hydrogen-bond donors (Lipinski definition) is 1. The third-order valence-corrected chi connectivity index (χ3v) is 3.19. The topological polar surface area (TPSA) is 95.3 Å². The van der Waals surface area contributed by atoms with Gasteiger partial charge in [-0.1, -0.05) is 0 Å². The van der Waals surface area contributed by atoms with Gasteiger partial charge in [0.1, 0.15) is 17.0 Å². The maximum atomic E-state index is 14.2. The van der Waals surface area contributed by atoms with Gasteiger partial charge in [0.05, 0.1) is 12.8 Å². The fourth-order valence-corrected chi connectivity index (χ4v) is 2.20. The van der Waals surface area contributed by atoms with Gasteiger partial charge in [0.25, 0.3) is 0 Å². The molecule has 2 rings (SSSR count). The first-order valence-electron chi connectivity index (χ1n) is 8.32. The number of halogens is 4. The minimum atomic E-state index is -5.07. The first-order valence-corrected chi connectivity index (χ1v) is 8.32. The van der Waals surface area contributed by atoms with E-state index in [1.807, 2.05) is 0 Å². The molecule has 0 bridgehead atoms. The van der Waals surface area contributed by atoms with Crippen molar-refractivity contribution in [2.45, 2.75) is 39.5 Å². The van der Waals surface area contributed by atoms with Crippen LogP contribution in [0.5, 0.6) is 0 Å². The number of anilines is 1. The summed E-state index contributed by atoms with van der Waals surface area (Å²) in [6, 6.07) is 1.83. The van der Waals surface area contributed by atoms with E-state index in [4.69, 9.17) is 4.74 Å². The number of hydrogen-bond acceptors (Lipinski definition) is 6. The lowest BCUT2D eigenvalue weighted by atomic mass is 10.2. The molecule has 0 atom stereocenters. The summed E-state index contributed by atoms with van der Waals surface area (Å²) < 4.78 is 64.6. The Bertz CT molecular complexity index is 919. The lowest BCUT2D eigenvalue weighted by Gasteiger charge is -2.19. The highest BCUT2D eigenvalue weighted by molar-refractivity contribution is 5.90. The molecule has 0 aliphatic carbocycles. The Kier molecular flexibility index (Phi) is 6.14. The predicted octanol–water partition coefficient (Wildman–Crippen LogP) is 3.95. The molecule has 0 saturated heterocycles. The summed E-state index contributed by atoms with van der Waals surface area (Å²) in [5, 5.41) is 5.64. The molecule has 8 nitrogen and oxygen atoms in total. The molecule has 0 radical (unpaired) electrons. The summed E-state index contributed by atoms with van der Waals surface area (Å²) >= 11 is 0. The number of carbonyl (C=O) groups is 2. The van der Waals surface area contributed by atoms with Crippen molar-refractivity contribution >= 4 is 17.9 Å². The minimum absolute atomic E-state index is 0.127. The molecule has 0 aromatic carbocycles. The SMILES string of the molecule is CCOC(=O)c1cnn(-c2nc(NC(=O)OC(C)(C)C)ccc2F)c1C(F)(F)F. The van der Waals surface area contributed by atoms with Crippen molar-refractivity contribution in [3.05, 3.63) is 35.4 Å². The van der Waals surface area contributed by atoms with E-state index >= 15 is 0 Å². The number of aromatic nitrogens is 3. The van der Waals surface area contributed by atoms with Crippen LogP contribution in [0.25, 0.3) is 5.82 Å². The van der Waals surface area contributed by atoms with Crippen molar-refractivity contribution in [3.63, 3.8) is 0 Å². The van der Waals surface area contributed by atoms with E-state index in [1.54, 1.807) is 20.8 Å². The van der Waals surface area contributed by atoms with Crippen molar-refractivity contribution in [1.29, 1.82) is 0 Å². The summed E-state index contributed by atoms with van der Waals surface area (Å²) in [7, 11) is 0. The highest BCUT2D eigenvalue weighted by atomic mass is 19.4. The third-order valence-electron chi connectivity index (χ3n) is 3.19. The molecule has 0 saturated carbocycles. The second-order valence-corrected chi connectivity index (χ2v) is 6.67. The standard InChI is InChI=1S/C17H18F4N4O4/c1-5-28-14(26)9-8-22-25(12(9)17(19,20)21)13-10(18)6-7-11(23-13)24-15(27)29-16(2,3)4/h6-8H,5H2,1-4H3,(H,23,24,27). The van der Waals surface area contributed by atoms with Crippen LogP contribution in [-0.2, 0) is 15.7 Å². The van der Waals surface area contributed by atoms with Crippen molar-refractivity contribution in [3.8, 4) is 5.82 Å². The van der Waals surface area contributed by atoms with Crippen LogP contribution in [0.3, 0.4) is 0 Å². The Balaban J connectivity index is 2.49. The van der Waals surface area contributed by atoms with E-state index in [1.165, 1.54) is 6.92 Å². The van der Waals surface area contributed by atoms with Gasteiger partial charge in [-0.15, -0.1) is 0 Å². The predicted molar refractivity (Wildman–Crippen MR) is 92.1 cm³/mol. The van der Waals surface area contributed by atoms with Crippen LogP contribution >= 0.6 is 0 Å². The maximum absolute atomic E-state index is 14.2. The monoisotopic (exact) mass is 418 g/mol. The van der Waals surface area contributed by atoms with Gasteiger partial charge in [-0.2, -0.15) is 18.3 Å². The molecule has 12 heteroatoms. The first-order chi connectivity index (χ1) is 13.3. The second-order valence-electron chi connectivity index (χ2n) is 6.67. The molecule has 2 heterocycles. The van der Waals surface area contributed by atoms with Crippen LogP contribution in [0, 0.1) is 5.82 Å². The molecule has 29 heavy (non-hydrogen) atoms. The highest BCUT2D eigenvalue weighted by Crippen LogP contribution is 2.34. The fraction of sp³-hybridized carbons (Fsp3) is 0.412. The van der Waals surface area contributed by atoms with Gasteiger partial charge in [0.15, 0.2) is 17.3 Å². The molecule has 2 aromatic rings. The van der Waals surface area contributed by atoms with E-state index in [-0.39, 0.29) is 17.1 Å². The first kappa shape index (κ1) is 22.1. The van der Waals surface area contributed by atoms with E-state index < -0.39 is 46.7 Å². The quantitative estimate of drug-likeness (QED) is 0.597. The number of carbonyl (C=O) groups excluding carboxylic acids is 2. The van der Waals surface area contributed by atoms with E-state index in [9.17, 15) is 27.2 Å². The lowest BCUT2D eigenvalue weighted by molar-refractivity contribution is -0.143. The van der Waals surface area contributed by atoms with Crippen LogP contribution in [0.15, 0.2) is 18.3 Å². The van der Waals surface area contributed by atoms with Crippen LogP contribution < -0.4 is 5.32 Å². The smallest absolute Gasteiger partial charge is 0.434 e. The van der Waals surface area contributed by atoms with Crippen LogP contribution in [-0.4, -0.2) is 39.0 Å². The molecule has 0 spiro atoms. The Labute approximate surface area is 162 Å². The summed E-state index contributed by atoms with van der Waals surface area (Å²) in [4.78, 5) is 27.3. The summed E-state index contributed by atoms with van der Waals surface area (Å²) in [5.41, 5.74) is -3.30. The molecule has 0 unspecified atom stereocenters. The number of rotatable bonds is 4. The zero-order chi connectivity index (χ0) is 22.0. The Morgan fingerprint density at radius 1 is 1.21 bits per heavy atom.